The lowest BCUT2D eigenvalue weighted by Crippen LogP contribution is -2.45. The van der Waals surface area contributed by atoms with Gasteiger partial charge in [0, 0.05) is 37.7 Å². The fourth-order valence-electron chi connectivity index (χ4n) is 4.67. The van der Waals surface area contributed by atoms with Crippen molar-refractivity contribution in [2.24, 2.45) is 0 Å². The predicted molar refractivity (Wildman–Crippen MR) is 121 cm³/mol. The van der Waals surface area contributed by atoms with Gasteiger partial charge in [0.25, 0.3) is 0 Å². The van der Waals surface area contributed by atoms with Gasteiger partial charge in [-0.25, -0.2) is 14.2 Å². The number of anilines is 3. The summed E-state index contributed by atoms with van der Waals surface area (Å²) in [6.45, 7) is 0.307. The average molecular weight is 443 g/mol. The van der Waals surface area contributed by atoms with E-state index in [0.29, 0.717) is 19.1 Å². The van der Waals surface area contributed by atoms with Crippen molar-refractivity contribution in [3.8, 4) is 0 Å². The molecule has 0 bridgehead atoms. The Balaban J connectivity index is 1.48. The number of nitrogens with zero attached hydrogens (tertiary/aromatic N) is 4. The first-order chi connectivity index (χ1) is 15.5. The molecule has 2 aliphatic rings. The Morgan fingerprint density at radius 1 is 1.16 bits per heavy atom. The third-order valence-corrected chi connectivity index (χ3v) is 6.40. The summed E-state index contributed by atoms with van der Waals surface area (Å²) < 4.78 is 20.0. The molecule has 1 aliphatic heterocycles. The quantitative estimate of drug-likeness (QED) is 0.651. The number of hydrogen-bond donors (Lipinski definition) is 1. The van der Waals surface area contributed by atoms with Crippen molar-refractivity contribution in [3.05, 3.63) is 42.7 Å². The summed E-state index contributed by atoms with van der Waals surface area (Å²) in [5.41, 5.74) is -0.391. The van der Waals surface area contributed by atoms with Crippen LogP contribution in [0.15, 0.2) is 42.7 Å². The van der Waals surface area contributed by atoms with Gasteiger partial charge in [-0.15, -0.1) is 0 Å². The maximum Gasteiger partial charge on any atom is 0.329 e. The number of carbonyl (C=O) groups is 1. The summed E-state index contributed by atoms with van der Waals surface area (Å²) in [5, 5.41) is 8.69. The number of hydrogen-bond acceptors (Lipinski definition) is 6. The van der Waals surface area contributed by atoms with Crippen LogP contribution in [0.1, 0.15) is 44.9 Å². The van der Waals surface area contributed by atoms with E-state index in [-0.39, 0.29) is 19.4 Å². The number of aromatic nitrogens is 2. The number of carboxylic acid groups (broad SMARTS) is 1. The molecule has 0 spiro atoms. The zero-order valence-electron chi connectivity index (χ0n) is 18.3. The van der Waals surface area contributed by atoms with Gasteiger partial charge in [0.1, 0.15) is 18.1 Å². The molecule has 1 aromatic heterocycles. The molecule has 1 saturated heterocycles. The Hall–Kier alpha value is -2.74. The molecule has 1 aromatic carbocycles. The van der Waals surface area contributed by atoms with Gasteiger partial charge in [-0.1, -0.05) is 37.5 Å². The van der Waals surface area contributed by atoms with Gasteiger partial charge in [0.2, 0.25) is 0 Å². The number of piperidine rings is 1. The minimum absolute atomic E-state index is 0.192. The van der Waals surface area contributed by atoms with Gasteiger partial charge >= 0.3 is 5.97 Å². The molecule has 1 aliphatic carbocycles. The number of benzene rings is 1. The molecule has 172 valence electrons. The van der Waals surface area contributed by atoms with Crippen molar-refractivity contribution in [1.29, 1.82) is 0 Å². The van der Waals surface area contributed by atoms with Gasteiger partial charge in [0.05, 0.1) is 19.0 Å². The summed E-state index contributed by atoms with van der Waals surface area (Å²) in [6, 6.07) is 10.7. The van der Waals surface area contributed by atoms with E-state index in [4.69, 9.17) is 14.8 Å². The molecule has 0 amide bonds. The molecule has 32 heavy (non-hydrogen) atoms. The smallest absolute Gasteiger partial charge is 0.329 e. The number of carboxylic acids is 1. The van der Waals surface area contributed by atoms with E-state index in [1.807, 2.05) is 24.4 Å². The maximum atomic E-state index is 15.0. The van der Waals surface area contributed by atoms with Crippen LogP contribution in [-0.4, -0.2) is 59.1 Å². The van der Waals surface area contributed by atoms with E-state index in [0.717, 1.165) is 30.2 Å². The second-order valence-electron chi connectivity index (χ2n) is 8.76. The number of aliphatic carboxylic acids is 1. The van der Waals surface area contributed by atoms with Crippen LogP contribution in [-0.2, 0) is 9.53 Å². The van der Waals surface area contributed by atoms with Crippen molar-refractivity contribution < 1.29 is 19.0 Å². The lowest BCUT2D eigenvalue weighted by molar-refractivity contribution is -0.144. The molecule has 1 N–H and O–H groups in total. The fraction of sp³-hybridized carbons (Fsp3) is 0.542. The molecule has 2 aromatic rings. The van der Waals surface area contributed by atoms with Crippen LogP contribution >= 0.6 is 0 Å². The number of alkyl halides is 1. The third kappa shape index (κ3) is 5.54. The summed E-state index contributed by atoms with van der Waals surface area (Å²) in [5.74, 6) is 0.481. The molecule has 0 radical (unpaired) electrons. The maximum absolute atomic E-state index is 15.0. The SMILES string of the molecule is O=C(O)COCC1(F)CCN(c2cncc(N(c3ccccc3)C3CCCCC3)n2)CC1. The molecule has 2 heterocycles. The Kier molecular flexibility index (Phi) is 7.19. The molecule has 7 nitrogen and oxygen atoms in total. The predicted octanol–water partition coefficient (Wildman–Crippen LogP) is 4.36. The minimum atomic E-state index is -1.50. The van der Waals surface area contributed by atoms with Crippen LogP contribution in [0.25, 0.3) is 0 Å². The summed E-state index contributed by atoms with van der Waals surface area (Å²) in [4.78, 5) is 24.4. The molecule has 2 fully saturated rings. The first-order valence-corrected chi connectivity index (χ1v) is 11.4. The minimum Gasteiger partial charge on any atom is -0.480 e. The normalized spacial score (nSPS) is 19.0. The third-order valence-electron chi connectivity index (χ3n) is 6.40. The van der Waals surface area contributed by atoms with E-state index in [9.17, 15) is 9.18 Å². The molecule has 1 saturated carbocycles. The number of ether oxygens (including phenoxy) is 1. The fourth-order valence-corrected chi connectivity index (χ4v) is 4.67. The molecule has 0 unspecified atom stereocenters. The van der Waals surface area contributed by atoms with Crippen LogP contribution in [0, 0.1) is 0 Å². The topological polar surface area (TPSA) is 78.8 Å². The second-order valence-corrected chi connectivity index (χ2v) is 8.76. The zero-order chi connectivity index (χ0) is 22.4. The van der Waals surface area contributed by atoms with E-state index in [1.54, 1.807) is 6.20 Å². The average Bonchev–Trinajstić information content (AvgIpc) is 2.81. The first-order valence-electron chi connectivity index (χ1n) is 11.4. The molecular formula is C24H31FN4O3. The van der Waals surface area contributed by atoms with Crippen molar-refractivity contribution in [3.63, 3.8) is 0 Å². The van der Waals surface area contributed by atoms with Crippen LogP contribution in [0.3, 0.4) is 0 Å². The number of para-hydroxylation sites is 1. The summed E-state index contributed by atoms with van der Waals surface area (Å²) in [7, 11) is 0. The monoisotopic (exact) mass is 442 g/mol. The second kappa shape index (κ2) is 10.3. The van der Waals surface area contributed by atoms with Gasteiger partial charge in [-0.3, -0.25) is 4.98 Å². The molecule has 0 atom stereocenters. The van der Waals surface area contributed by atoms with Gasteiger partial charge in [-0.05, 0) is 25.0 Å². The molecule has 8 heteroatoms. The van der Waals surface area contributed by atoms with Crippen LogP contribution in [0.2, 0.25) is 0 Å². The highest BCUT2D eigenvalue weighted by atomic mass is 19.1. The van der Waals surface area contributed by atoms with E-state index >= 15 is 0 Å². The Morgan fingerprint density at radius 3 is 2.56 bits per heavy atom. The van der Waals surface area contributed by atoms with Crippen molar-refractivity contribution in [2.75, 3.05) is 36.1 Å². The van der Waals surface area contributed by atoms with Crippen molar-refractivity contribution in [2.45, 2.75) is 56.7 Å². The summed E-state index contributed by atoms with van der Waals surface area (Å²) in [6.07, 6.45) is 10.1. The van der Waals surface area contributed by atoms with Crippen molar-refractivity contribution >= 4 is 23.3 Å². The first kappa shape index (κ1) is 22.5. The highest BCUT2D eigenvalue weighted by Crippen LogP contribution is 2.34. The summed E-state index contributed by atoms with van der Waals surface area (Å²) >= 11 is 0. The van der Waals surface area contributed by atoms with Gasteiger partial charge < -0.3 is 19.6 Å². The highest BCUT2D eigenvalue weighted by molar-refractivity contribution is 5.68. The lowest BCUT2D eigenvalue weighted by Gasteiger charge is -2.38. The lowest BCUT2D eigenvalue weighted by atomic mass is 9.93. The Labute approximate surface area is 188 Å². The Bertz CT molecular complexity index is 884. The van der Waals surface area contributed by atoms with Gasteiger partial charge in [-0.2, -0.15) is 0 Å². The van der Waals surface area contributed by atoms with E-state index < -0.39 is 18.2 Å². The number of rotatable bonds is 8. The Morgan fingerprint density at radius 2 is 1.88 bits per heavy atom. The standard InChI is InChI=1S/C24H31FN4O3/c25-24(18-32-17-23(30)31)11-13-28(14-12-24)21-15-26-16-22(27-21)29(19-7-3-1-4-8-19)20-9-5-2-6-10-20/h1,3-4,7-8,15-16,20H,2,5-6,9-14,17-18H2,(H,30,31). The van der Waals surface area contributed by atoms with Crippen LogP contribution < -0.4 is 9.80 Å². The highest BCUT2D eigenvalue weighted by Gasteiger charge is 2.36. The molecule has 4 rings (SSSR count). The number of halogens is 1. The van der Waals surface area contributed by atoms with Crippen molar-refractivity contribution in [1.82, 2.24) is 9.97 Å². The van der Waals surface area contributed by atoms with E-state index in [2.05, 4.69) is 26.9 Å². The van der Waals surface area contributed by atoms with Crippen LogP contribution in [0.4, 0.5) is 21.7 Å². The van der Waals surface area contributed by atoms with Gasteiger partial charge in [0.15, 0.2) is 5.82 Å². The largest absolute Gasteiger partial charge is 0.480 e. The van der Waals surface area contributed by atoms with E-state index in [1.165, 1.54) is 19.3 Å². The van der Waals surface area contributed by atoms with Crippen LogP contribution in [0.5, 0.6) is 0 Å². The zero-order valence-corrected chi connectivity index (χ0v) is 18.3. The molecular weight excluding hydrogens is 411 g/mol.